The molecule has 0 amide bonds. The molecule has 0 unspecified atom stereocenters. The van der Waals surface area contributed by atoms with E-state index in [1.807, 2.05) is 0 Å². The molecule has 6 aromatic heterocycles. The van der Waals surface area contributed by atoms with E-state index < -0.39 is 21.5 Å². The first-order valence-corrected chi connectivity index (χ1v) is 12.3. The first-order chi connectivity index (χ1) is 18.8. The van der Waals surface area contributed by atoms with Gasteiger partial charge in [0, 0.05) is 33.3 Å². The van der Waals surface area contributed by atoms with Crippen LogP contribution in [0.4, 0.5) is 19.0 Å². The summed E-state index contributed by atoms with van der Waals surface area (Å²) in [5.74, 6) is -0.385. The van der Waals surface area contributed by atoms with Crippen LogP contribution in [0.2, 0.25) is 0 Å². The molecule has 0 fully saturated rings. The number of aryl methyl sites for hydroxylation is 2. The Morgan fingerprint density at radius 1 is 1.02 bits per heavy atom. The number of nitrogens with two attached hydrogens (primary N) is 1. The van der Waals surface area contributed by atoms with E-state index >= 15 is 0 Å². The minimum Gasteiger partial charge on any atom is -0.371 e. The first-order valence-electron chi connectivity index (χ1n) is 10.9. The van der Waals surface area contributed by atoms with Gasteiger partial charge >= 0.3 is 15.6 Å². The van der Waals surface area contributed by atoms with Crippen molar-refractivity contribution in [2.24, 2.45) is 19.8 Å². The van der Waals surface area contributed by atoms with Crippen LogP contribution < -0.4 is 26.4 Å². The van der Waals surface area contributed by atoms with Gasteiger partial charge in [0.15, 0.2) is 33.8 Å². The van der Waals surface area contributed by atoms with Gasteiger partial charge in [-0.2, -0.15) is 26.1 Å². The molecule has 0 aromatic carbocycles. The fraction of sp³-hybridized carbons (Fsp3) is 0.263. The van der Waals surface area contributed by atoms with Crippen molar-refractivity contribution >= 4 is 49.6 Å². The Balaban J connectivity index is 0.000000187. The Kier molecular flexibility index (Phi) is 7.02. The van der Waals surface area contributed by atoms with Crippen molar-refractivity contribution in [3.8, 4) is 5.88 Å². The summed E-state index contributed by atoms with van der Waals surface area (Å²) in [6.07, 6.45) is 2.99. The lowest BCUT2D eigenvalue weighted by Gasteiger charge is -2.06. The molecule has 214 valence electrons. The second-order valence-corrected chi connectivity index (χ2v) is 9.33. The van der Waals surface area contributed by atoms with Crippen LogP contribution in [0.15, 0.2) is 34.4 Å². The molecule has 17 nitrogen and oxygen atoms in total. The molecule has 40 heavy (non-hydrogen) atoms. The van der Waals surface area contributed by atoms with E-state index in [2.05, 4.69) is 45.4 Å². The summed E-state index contributed by atoms with van der Waals surface area (Å²) in [5, 5.41) is 9.09. The van der Waals surface area contributed by atoms with Gasteiger partial charge < -0.3 is 29.4 Å². The van der Waals surface area contributed by atoms with Crippen molar-refractivity contribution in [2.75, 3.05) is 19.4 Å². The summed E-state index contributed by atoms with van der Waals surface area (Å²) in [5.41, 5.74) is 0.596. The molecule has 0 spiro atoms. The lowest BCUT2D eigenvalue weighted by atomic mass is 10.4. The molecular formula is C19H21F3N12O5S. The van der Waals surface area contributed by atoms with Gasteiger partial charge in [-0.25, -0.2) is 19.5 Å². The highest BCUT2D eigenvalue weighted by molar-refractivity contribution is 7.87. The highest BCUT2D eigenvalue weighted by Crippen LogP contribution is 2.28. The predicted octanol–water partition coefficient (Wildman–Crippen LogP) is -0.336. The molecule has 0 atom stereocenters. The second kappa shape index (κ2) is 10.00. The zero-order chi connectivity index (χ0) is 29.6. The average Bonchev–Trinajstić information content (AvgIpc) is 3.64. The van der Waals surface area contributed by atoms with Crippen LogP contribution in [-0.2, 0) is 24.2 Å². The van der Waals surface area contributed by atoms with Gasteiger partial charge in [-0.15, -0.1) is 5.10 Å². The number of aromatic amines is 2. The molecule has 6 heterocycles. The third-order valence-corrected chi connectivity index (χ3v) is 6.20. The topological polar surface area (TPSA) is 217 Å². The summed E-state index contributed by atoms with van der Waals surface area (Å²) in [7, 11) is 0.685. The maximum Gasteiger partial charge on any atom is 0.534 e. The van der Waals surface area contributed by atoms with Crippen LogP contribution in [0.5, 0.6) is 5.88 Å². The third kappa shape index (κ3) is 4.70. The number of hydrogen-bond acceptors (Lipinski definition) is 11. The second-order valence-electron chi connectivity index (χ2n) is 7.80. The standard InChI is InChI=1S/C10H9F3N6O3S.C8H7N5O2.CH5N/c1-14-8-7-9(18(2)4-15-7)19-5(16-8)3-6(17-19)22-23(20,21)10(11,12)13;1-12-3-9-6-7(15)10-4-2-5(14)11-13(4)8(6)12;1-2/h3-4H,1-2H3,(H,14,16);2-3H,1H3,(H,10,15)(H,11,14);2H2,1H3. The molecule has 0 aliphatic heterocycles. The van der Waals surface area contributed by atoms with E-state index in [0.29, 0.717) is 33.8 Å². The van der Waals surface area contributed by atoms with Crippen LogP contribution in [-0.4, -0.2) is 76.3 Å². The summed E-state index contributed by atoms with van der Waals surface area (Å²) in [6, 6.07) is 2.31. The largest absolute Gasteiger partial charge is 0.534 e. The molecular weight excluding hydrogens is 565 g/mol. The first kappa shape index (κ1) is 28.1. The van der Waals surface area contributed by atoms with Gasteiger partial charge in [0.1, 0.15) is 5.65 Å². The fourth-order valence-electron chi connectivity index (χ4n) is 3.64. The molecule has 0 saturated carbocycles. The number of H-pyrrole nitrogens is 2. The van der Waals surface area contributed by atoms with Gasteiger partial charge in [-0.3, -0.25) is 14.7 Å². The number of nitrogens with one attached hydrogen (secondary N) is 3. The molecule has 5 N–H and O–H groups in total. The molecule has 21 heteroatoms. The monoisotopic (exact) mass is 586 g/mol. The number of hydrogen-bond donors (Lipinski definition) is 4. The van der Waals surface area contributed by atoms with E-state index in [0.717, 1.165) is 10.6 Å². The number of rotatable bonds is 3. The van der Waals surface area contributed by atoms with Gasteiger partial charge in [0.25, 0.3) is 17.0 Å². The summed E-state index contributed by atoms with van der Waals surface area (Å²) < 4.78 is 69.1. The number of anilines is 1. The molecule has 0 aliphatic carbocycles. The zero-order valence-electron chi connectivity index (χ0n) is 21.0. The van der Waals surface area contributed by atoms with Gasteiger partial charge in [-0.05, 0) is 7.05 Å². The van der Waals surface area contributed by atoms with Gasteiger partial charge in [-0.1, -0.05) is 0 Å². The summed E-state index contributed by atoms with van der Waals surface area (Å²) in [6.45, 7) is 0. The molecule has 6 rings (SSSR count). The third-order valence-electron chi connectivity index (χ3n) is 5.25. The lowest BCUT2D eigenvalue weighted by molar-refractivity contribution is -0.0501. The number of nitrogens with zero attached hydrogens (tertiary/aromatic N) is 8. The van der Waals surface area contributed by atoms with Crippen LogP contribution in [0.3, 0.4) is 0 Å². The smallest absolute Gasteiger partial charge is 0.371 e. The highest BCUT2D eigenvalue weighted by Gasteiger charge is 2.49. The minimum absolute atomic E-state index is 0.0952. The molecule has 0 saturated heterocycles. The van der Waals surface area contributed by atoms with Crippen molar-refractivity contribution in [2.45, 2.75) is 5.51 Å². The molecule has 0 radical (unpaired) electrons. The normalized spacial score (nSPS) is 11.9. The van der Waals surface area contributed by atoms with E-state index in [-0.39, 0.29) is 16.8 Å². The quantitative estimate of drug-likeness (QED) is 0.155. The van der Waals surface area contributed by atoms with Crippen LogP contribution in [0, 0.1) is 0 Å². The van der Waals surface area contributed by atoms with E-state index in [1.165, 1.54) is 30.3 Å². The van der Waals surface area contributed by atoms with Crippen LogP contribution >= 0.6 is 0 Å². The zero-order valence-corrected chi connectivity index (χ0v) is 21.9. The van der Waals surface area contributed by atoms with E-state index in [4.69, 9.17) is 0 Å². The van der Waals surface area contributed by atoms with Crippen molar-refractivity contribution in [1.29, 1.82) is 0 Å². The Labute approximate surface area is 220 Å². The SMILES string of the molecule is CN.CNc1nc2cc(OS(=O)(=O)C(F)(F)F)nn2c2c1ncn2C.Cn1cnc2c(=O)[nH]c3cc(=O)[nH]n3c21. The Morgan fingerprint density at radius 2 is 1.65 bits per heavy atom. The van der Waals surface area contributed by atoms with Gasteiger partial charge in [0.2, 0.25) is 0 Å². The molecule has 6 aromatic rings. The minimum atomic E-state index is -5.81. The predicted molar refractivity (Wildman–Crippen MR) is 135 cm³/mol. The summed E-state index contributed by atoms with van der Waals surface area (Å²) in [4.78, 5) is 37.4. The highest BCUT2D eigenvalue weighted by atomic mass is 32.2. The maximum atomic E-state index is 12.4. The summed E-state index contributed by atoms with van der Waals surface area (Å²) >= 11 is 0. The number of alkyl halides is 3. The lowest BCUT2D eigenvalue weighted by Crippen LogP contribution is -2.28. The molecule has 0 bridgehead atoms. The van der Waals surface area contributed by atoms with Crippen molar-refractivity contribution in [3.05, 3.63) is 45.5 Å². The maximum absolute atomic E-state index is 12.4. The van der Waals surface area contributed by atoms with Gasteiger partial charge in [0.05, 0.1) is 12.7 Å². The number of fused-ring (bicyclic) bond motifs is 6. The number of halogens is 3. The number of imidazole rings is 2. The van der Waals surface area contributed by atoms with Crippen molar-refractivity contribution in [1.82, 2.24) is 48.3 Å². The Hall–Kier alpha value is -4.92. The Bertz CT molecular complexity index is 2080. The van der Waals surface area contributed by atoms with Crippen molar-refractivity contribution < 1.29 is 25.8 Å². The molecule has 0 aliphatic rings. The van der Waals surface area contributed by atoms with E-state index in [9.17, 15) is 31.2 Å². The number of aromatic nitrogens is 10. The fourth-order valence-corrected chi connectivity index (χ4v) is 4.04. The van der Waals surface area contributed by atoms with Crippen LogP contribution in [0.1, 0.15) is 0 Å². The Morgan fingerprint density at radius 3 is 2.27 bits per heavy atom. The van der Waals surface area contributed by atoms with Crippen molar-refractivity contribution in [3.63, 3.8) is 0 Å². The van der Waals surface area contributed by atoms with Crippen LogP contribution in [0.25, 0.3) is 33.6 Å². The average molecular weight is 587 g/mol. The van der Waals surface area contributed by atoms with E-state index in [1.54, 1.807) is 30.3 Å².